The van der Waals surface area contributed by atoms with E-state index in [-0.39, 0.29) is 0 Å². The zero-order chi connectivity index (χ0) is 15.5. The minimum Gasteiger partial charge on any atom is -0.368 e. The third-order valence-electron chi connectivity index (χ3n) is 4.17. The molecular formula is C17H19N5. The molecule has 5 nitrogen and oxygen atoms in total. The number of nitriles is 1. The number of para-hydroxylation sites is 1. The Labute approximate surface area is 130 Å². The lowest BCUT2D eigenvalue weighted by atomic mass is 10.2. The number of hydrogen-bond donors (Lipinski definition) is 0. The fourth-order valence-electron chi connectivity index (χ4n) is 2.89. The minimum atomic E-state index is 0.355. The van der Waals surface area contributed by atoms with Gasteiger partial charge in [0.25, 0.3) is 0 Å². The largest absolute Gasteiger partial charge is 0.368 e. The summed E-state index contributed by atoms with van der Waals surface area (Å²) in [6.45, 7) is 3.80. The van der Waals surface area contributed by atoms with Crippen molar-refractivity contribution < 1.29 is 0 Å². The molecule has 1 atom stereocenters. The number of aryl methyl sites for hydroxylation is 1. The van der Waals surface area contributed by atoms with Gasteiger partial charge in [0.1, 0.15) is 6.07 Å². The third kappa shape index (κ3) is 2.73. The van der Waals surface area contributed by atoms with Crippen LogP contribution in [0.1, 0.15) is 17.7 Å². The van der Waals surface area contributed by atoms with Crippen molar-refractivity contribution in [1.29, 1.82) is 5.26 Å². The molecule has 0 aliphatic carbocycles. The molecule has 0 saturated carbocycles. The van der Waals surface area contributed by atoms with Crippen molar-refractivity contribution in [3.05, 3.63) is 47.8 Å². The van der Waals surface area contributed by atoms with Crippen molar-refractivity contribution in [3.63, 3.8) is 0 Å². The summed E-state index contributed by atoms with van der Waals surface area (Å²) in [5.41, 5.74) is 2.73. The Morgan fingerprint density at radius 2 is 2.14 bits per heavy atom. The first-order chi connectivity index (χ1) is 10.7. The van der Waals surface area contributed by atoms with Crippen LogP contribution in [0.3, 0.4) is 0 Å². The predicted molar refractivity (Wildman–Crippen MR) is 86.9 cm³/mol. The Balaban J connectivity index is 1.76. The maximum atomic E-state index is 9.26. The Kier molecular flexibility index (Phi) is 3.92. The SMILES string of the molecule is Cc1ccnc(N(C)C2CCN(c3ccccc3C#N)C2)n1. The number of benzene rings is 1. The van der Waals surface area contributed by atoms with Crippen molar-refractivity contribution in [2.75, 3.05) is 29.9 Å². The molecule has 3 rings (SSSR count). The summed E-state index contributed by atoms with van der Waals surface area (Å²) in [5.74, 6) is 0.764. The molecule has 1 unspecified atom stereocenters. The summed E-state index contributed by atoms with van der Waals surface area (Å²) in [5, 5.41) is 9.26. The molecule has 2 heterocycles. The number of nitrogens with zero attached hydrogens (tertiary/aromatic N) is 5. The Morgan fingerprint density at radius 1 is 1.32 bits per heavy atom. The molecule has 112 valence electrons. The van der Waals surface area contributed by atoms with Crippen LogP contribution in [0.15, 0.2) is 36.5 Å². The Morgan fingerprint density at radius 3 is 2.91 bits per heavy atom. The second-order valence-corrected chi connectivity index (χ2v) is 5.63. The highest BCUT2D eigenvalue weighted by Gasteiger charge is 2.28. The van der Waals surface area contributed by atoms with Crippen molar-refractivity contribution in [1.82, 2.24) is 9.97 Å². The lowest BCUT2D eigenvalue weighted by molar-refractivity contribution is 0.673. The van der Waals surface area contributed by atoms with Gasteiger partial charge in [-0.1, -0.05) is 12.1 Å². The molecule has 1 aromatic heterocycles. The molecular weight excluding hydrogens is 274 g/mol. The van der Waals surface area contributed by atoms with Crippen LogP contribution in [0.5, 0.6) is 0 Å². The standard InChI is InChI=1S/C17H19N5/c1-13-7-9-19-17(20-13)21(2)15-8-10-22(12-15)16-6-4-3-5-14(16)11-18/h3-7,9,15H,8,10,12H2,1-2H3. The van der Waals surface area contributed by atoms with Crippen LogP contribution >= 0.6 is 0 Å². The summed E-state index contributed by atoms with van der Waals surface area (Å²) in [4.78, 5) is 13.3. The predicted octanol–water partition coefficient (Wildman–Crippen LogP) is 2.37. The molecule has 1 saturated heterocycles. The van der Waals surface area contributed by atoms with E-state index in [2.05, 4.69) is 25.8 Å². The number of anilines is 2. The quantitative estimate of drug-likeness (QED) is 0.869. The number of aromatic nitrogens is 2. The van der Waals surface area contributed by atoms with E-state index in [4.69, 9.17) is 0 Å². The molecule has 1 fully saturated rings. The van der Waals surface area contributed by atoms with Crippen LogP contribution in [0.2, 0.25) is 0 Å². The van der Waals surface area contributed by atoms with Crippen LogP contribution in [0.4, 0.5) is 11.6 Å². The summed E-state index contributed by atoms with van der Waals surface area (Å²) < 4.78 is 0. The summed E-state index contributed by atoms with van der Waals surface area (Å²) in [7, 11) is 2.04. The molecule has 0 radical (unpaired) electrons. The van der Waals surface area contributed by atoms with Gasteiger partial charge in [-0.3, -0.25) is 0 Å². The van der Waals surface area contributed by atoms with E-state index in [9.17, 15) is 5.26 Å². The van der Waals surface area contributed by atoms with Crippen molar-refractivity contribution in [2.45, 2.75) is 19.4 Å². The zero-order valence-corrected chi connectivity index (χ0v) is 12.9. The molecule has 22 heavy (non-hydrogen) atoms. The van der Waals surface area contributed by atoms with Crippen LogP contribution in [0, 0.1) is 18.3 Å². The smallest absolute Gasteiger partial charge is 0.225 e. The van der Waals surface area contributed by atoms with E-state index in [0.717, 1.165) is 42.4 Å². The van der Waals surface area contributed by atoms with Gasteiger partial charge in [-0.05, 0) is 31.5 Å². The van der Waals surface area contributed by atoms with E-state index in [1.807, 2.05) is 44.3 Å². The molecule has 1 aliphatic heterocycles. The van der Waals surface area contributed by atoms with Gasteiger partial charge in [0.05, 0.1) is 17.3 Å². The van der Waals surface area contributed by atoms with E-state index >= 15 is 0 Å². The fourth-order valence-corrected chi connectivity index (χ4v) is 2.89. The van der Waals surface area contributed by atoms with E-state index in [1.54, 1.807) is 6.20 Å². The maximum absolute atomic E-state index is 9.26. The number of rotatable bonds is 3. The van der Waals surface area contributed by atoms with Crippen molar-refractivity contribution >= 4 is 11.6 Å². The van der Waals surface area contributed by atoms with Crippen LogP contribution in [-0.2, 0) is 0 Å². The molecule has 0 N–H and O–H groups in total. The van der Waals surface area contributed by atoms with Gasteiger partial charge in [-0.15, -0.1) is 0 Å². The summed E-state index contributed by atoms with van der Waals surface area (Å²) in [6.07, 6.45) is 2.83. The second kappa shape index (κ2) is 6.02. The van der Waals surface area contributed by atoms with Crippen LogP contribution < -0.4 is 9.80 Å². The first kappa shape index (κ1) is 14.3. The molecule has 0 amide bonds. The van der Waals surface area contributed by atoms with Gasteiger partial charge >= 0.3 is 0 Å². The van der Waals surface area contributed by atoms with Crippen molar-refractivity contribution in [3.8, 4) is 6.07 Å². The second-order valence-electron chi connectivity index (χ2n) is 5.63. The average Bonchev–Trinajstić information content (AvgIpc) is 3.04. The summed E-state index contributed by atoms with van der Waals surface area (Å²) >= 11 is 0. The molecule has 0 spiro atoms. The highest BCUT2D eigenvalue weighted by Crippen LogP contribution is 2.26. The monoisotopic (exact) mass is 293 g/mol. The lowest BCUT2D eigenvalue weighted by Crippen LogP contribution is -2.35. The highest BCUT2D eigenvalue weighted by atomic mass is 15.3. The van der Waals surface area contributed by atoms with Gasteiger partial charge in [-0.25, -0.2) is 9.97 Å². The zero-order valence-electron chi connectivity index (χ0n) is 12.9. The molecule has 0 bridgehead atoms. The maximum Gasteiger partial charge on any atom is 0.225 e. The first-order valence-electron chi connectivity index (χ1n) is 7.45. The number of hydrogen-bond acceptors (Lipinski definition) is 5. The molecule has 1 aromatic carbocycles. The van der Waals surface area contributed by atoms with Gasteiger partial charge < -0.3 is 9.80 Å². The van der Waals surface area contributed by atoms with Crippen LogP contribution in [0.25, 0.3) is 0 Å². The first-order valence-corrected chi connectivity index (χ1v) is 7.45. The fraction of sp³-hybridized carbons (Fsp3) is 0.353. The summed E-state index contributed by atoms with van der Waals surface area (Å²) in [6, 6.07) is 12.3. The molecule has 1 aliphatic rings. The van der Waals surface area contributed by atoms with E-state index in [1.165, 1.54) is 0 Å². The topological polar surface area (TPSA) is 56.1 Å². The molecule has 5 heteroatoms. The van der Waals surface area contributed by atoms with Gasteiger partial charge in [0, 0.05) is 32.0 Å². The van der Waals surface area contributed by atoms with Gasteiger partial charge in [-0.2, -0.15) is 5.26 Å². The van der Waals surface area contributed by atoms with E-state index in [0.29, 0.717) is 6.04 Å². The number of likely N-dealkylation sites (N-methyl/N-ethyl adjacent to an activating group) is 1. The highest BCUT2D eigenvalue weighted by molar-refractivity contribution is 5.60. The Hall–Kier alpha value is -2.61. The normalized spacial score (nSPS) is 17.3. The van der Waals surface area contributed by atoms with Gasteiger partial charge in [0.15, 0.2) is 0 Å². The Bertz CT molecular complexity index is 706. The van der Waals surface area contributed by atoms with Crippen molar-refractivity contribution in [2.24, 2.45) is 0 Å². The lowest BCUT2D eigenvalue weighted by Gasteiger charge is -2.25. The van der Waals surface area contributed by atoms with Crippen LogP contribution in [-0.4, -0.2) is 36.1 Å². The van der Waals surface area contributed by atoms with E-state index < -0.39 is 0 Å². The molecule has 2 aromatic rings. The van der Waals surface area contributed by atoms with Gasteiger partial charge in [0.2, 0.25) is 5.95 Å². The third-order valence-corrected chi connectivity index (χ3v) is 4.17. The minimum absolute atomic E-state index is 0.355. The average molecular weight is 293 g/mol.